The van der Waals surface area contributed by atoms with Gasteiger partial charge in [-0.1, -0.05) is 42.0 Å². The van der Waals surface area contributed by atoms with Gasteiger partial charge in [-0.15, -0.1) is 0 Å². The normalized spacial score (nSPS) is 16.6. The second-order valence-electron chi connectivity index (χ2n) is 8.95. The Morgan fingerprint density at radius 1 is 1.00 bits per heavy atom. The van der Waals surface area contributed by atoms with E-state index >= 15 is 0 Å². The lowest BCUT2D eigenvalue weighted by molar-refractivity contribution is -0.126. The van der Waals surface area contributed by atoms with Gasteiger partial charge in [0.2, 0.25) is 5.91 Å². The van der Waals surface area contributed by atoms with Crippen molar-refractivity contribution in [1.29, 1.82) is 0 Å². The zero-order valence-corrected chi connectivity index (χ0v) is 21.6. The van der Waals surface area contributed by atoms with E-state index in [1.807, 2.05) is 31.2 Å². The third-order valence-electron chi connectivity index (χ3n) is 6.26. The van der Waals surface area contributed by atoms with Crippen LogP contribution < -0.4 is 15.4 Å². The smallest absolute Gasteiger partial charge is 0.411 e. The van der Waals surface area contributed by atoms with Crippen LogP contribution >= 0.6 is 0 Å². The lowest BCUT2D eigenvalue weighted by atomic mass is 10.00. The molecule has 1 saturated heterocycles. The number of carbonyl (C=O) groups is 3. The first kappa shape index (κ1) is 26.7. The van der Waals surface area contributed by atoms with Crippen LogP contribution in [0.3, 0.4) is 0 Å². The van der Waals surface area contributed by atoms with Crippen molar-refractivity contribution in [2.45, 2.75) is 25.6 Å². The van der Waals surface area contributed by atoms with Gasteiger partial charge in [0.1, 0.15) is 5.75 Å². The minimum absolute atomic E-state index is 0.214. The van der Waals surface area contributed by atoms with Crippen molar-refractivity contribution in [3.8, 4) is 5.75 Å². The van der Waals surface area contributed by atoms with E-state index in [4.69, 9.17) is 14.2 Å². The third-order valence-corrected chi connectivity index (χ3v) is 6.26. The number of cyclic esters (lactones) is 1. The number of methoxy groups -OCH3 is 2. The fourth-order valence-corrected chi connectivity index (χ4v) is 4.22. The molecule has 0 saturated carbocycles. The molecule has 0 spiro atoms. The zero-order valence-electron chi connectivity index (χ0n) is 21.6. The van der Waals surface area contributed by atoms with E-state index < -0.39 is 18.2 Å². The van der Waals surface area contributed by atoms with Crippen molar-refractivity contribution in [2.75, 3.05) is 32.7 Å². The average molecular weight is 518 g/mol. The molecule has 9 heteroatoms. The summed E-state index contributed by atoms with van der Waals surface area (Å²) in [6, 6.07) is 20.6. The summed E-state index contributed by atoms with van der Waals surface area (Å²) in [5.74, 6) is -0.00244. The Hall–Kier alpha value is -4.37. The fraction of sp³-hybridized carbons (Fsp3) is 0.276. The molecule has 0 aromatic heterocycles. The number of rotatable bonds is 10. The van der Waals surface area contributed by atoms with Crippen molar-refractivity contribution in [1.82, 2.24) is 10.2 Å². The standard InChI is InChI=1S/C29H31N3O6/c1-19-7-9-20(10-8-19)18-32-25(28(34)30-15-16-36-2)26(38-29(32)35)22-5-4-6-23(17-22)31-27(33)21-11-13-24(37-3)14-12-21/h4-14,17,25-26H,15-16,18H2,1-3H3,(H,30,34)(H,31,33)/t25-,26-/m1/s1. The van der Waals surface area contributed by atoms with Crippen molar-refractivity contribution >= 4 is 23.6 Å². The summed E-state index contributed by atoms with van der Waals surface area (Å²) < 4.78 is 15.9. The van der Waals surface area contributed by atoms with Crippen LogP contribution in [-0.4, -0.2) is 56.2 Å². The quantitative estimate of drug-likeness (QED) is 0.393. The van der Waals surface area contributed by atoms with Crippen LogP contribution in [0.5, 0.6) is 5.75 Å². The number of amides is 3. The number of carbonyl (C=O) groups excluding carboxylic acids is 3. The minimum atomic E-state index is -0.909. The van der Waals surface area contributed by atoms with Crippen LogP contribution in [0.2, 0.25) is 0 Å². The van der Waals surface area contributed by atoms with Gasteiger partial charge < -0.3 is 24.8 Å². The number of nitrogens with one attached hydrogen (secondary N) is 2. The van der Waals surface area contributed by atoms with Gasteiger partial charge in [0, 0.05) is 24.9 Å². The van der Waals surface area contributed by atoms with E-state index in [2.05, 4.69) is 10.6 Å². The number of hydrogen-bond donors (Lipinski definition) is 2. The number of anilines is 1. The molecule has 1 fully saturated rings. The molecule has 3 amide bonds. The molecule has 2 N–H and O–H groups in total. The first-order valence-electron chi connectivity index (χ1n) is 12.2. The van der Waals surface area contributed by atoms with Crippen molar-refractivity contribution in [3.05, 3.63) is 95.1 Å². The molecule has 0 aliphatic carbocycles. The molecule has 9 nitrogen and oxygen atoms in total. The average Bonchev–Trinajstić information content (AvgIpc) is 3.26. The number of nitrogens with zero attached hydrogens (tertiary/aromatic N) is 1. The van der Waals surface area contributed by atoms with E-state index in [0.717, 1.165) is 11.1 Å². The Labute approximate surface area is 221 Å². The van der Waals surface area contributed by atoms with Crippen LogP contribution in [0.4, 0.5) is 10.5 Å². The molecular weight excluding hydrogens is 486 g/mol. The van der Waals surface area contributed by atoms with Gasteiger partial charge in [-0.05, 0) is 54.4 Å². The molecule has 2 atom stereocenters. The predicted molar refractivity (Wildman–Crippen MR) is 142 cm³/mol. The maximum absolute atomic E-state index is 13.3. The van der Waals surface area contributed by atoms with Gasteiger partial charge in [-0.2, -0.15) is 0 Å². The largest absolute Gasteiger partial charge is 0.497 e. The predicted octanol–water partition coefficient (Wildman–Crippen LogP) is 4.08. The Morgan fingerprint density at radius 3 is 2.42 bits per heavy atom. The first-order chi connectivity index (χ1) is 18.4. The van der Waals surface area contributed by atoms with Gasteiger partial charge >= 0.3 is 6.09 Å². The molecule has 1 aliphatic heterocycles. The maximum Gasteiger partial charge on any atom is 0.411 e. The summed E-state index contributed by atoms with van der Waals surface area (Å²) in [6.07, 6.45) is -1.46. The lowest BCUT2D eigenvalue weighted by Crippen LogP contribution is -2.47. The van der Waals surface area contributed by atoms with E-state index in [-0.39, 0.29) is 18.4 Å². The molecule has 38 heavy (non-hydrogen) atoms. The highest BCUT2D eigenvalue weighted by atomic mass is 16.6. The second-order valence-corrected chi connectivity index (χ2v) is 8.95. The molecule has 3 aromatic rings. The SMILES string of the molecule is COCCNC(=O)[C@H]1[C@@H](c2cccc(NC(=O)c3ccc(OC)cc3)c2)OC(=O)N1Cc1ccc(C)cc1. The maximum atomic E-state index is 13.3. The Bertz CT molecular complexity index is 1280. The minimum Gasteiger partial charge on any atom is -0.497 e. The summed E-state index contributed by atoms with van der Waals surface area (Å²) in [6.45, 7) is 2.83. The fourth-order valence-electron chi connectivity index (χ4n) is 4.22. The summed E-state index contributed by atoms with van der Waals surface area (Å²) in [4.78, 5) is 40.5. The molecular formula is C29H31N3O6. The van der Waals surface area contributed by atoms with Gasteiger partial charge in [-0.25, -0.2) is 4.79 Å². The van der Waals surface area contributed by atoms with E-state index in [0.29, 0.717) is 35.7 Å². The van der Waals surface area contributed by atoms with E-state index in [9.17, 15) is 14.4 Å². The van der Waals surface area contributed by atoms with Crippen LogP contribution in [0, 0.1) is 6.92 Å². The van der Waals surface area contributed by atoms with E-state index in [1.165, 1.54) is 4.90 Å². The number of ether oxygens (including phenoxy) is 3. The molecule has 3 aromatic carbocycles. The summed E-state index contributed by atoms with van der Waals surface area (Å²) >= 11 is 0. The van der Waals surface area contributed by atoms with Gasteiger partial charge in [0.25, 0.3) is 5.91 Å². The van der Waals surface area contributed by atoms with Gasteiger partial charge in [-0.3, -0.25) is 14.5 Å². The van der Waals surface area contributed by atoms with Crippen LogP contribution in [0.1, 0.15) is 33.2 Å². The number of hydrogen-bond acceptors (Lipinski definition) is 6. The Kier molecular flexibility index (Phi) is 8.60. The summed E-state index contributed by atoms with van der Waals surface area (Å²) in [7, 11) is 3.11. The van der Waals surface area contributed by atoms with Gasteiger partial charge in [0.15, 0.2) is 12.1 Å². The lowest BCUT2D eigenvalue weighted by Gasteiger charge is -2.24. The van der Waals surface area contributed by atoms with Crippen molar-refractivity contribution < 1.29 is 28.6 Å². The number of benzene rings is 3. The third kappa shape index (κ3) is 6.30. The zero-order chi connectivity index (χ0) is 27.1. The van der Waals surface area contributed by atoms with Crippen LogP contribution in [-0.2, 0) is 20.8 Å². The number of aryl methyl sites for hydroxylation is 1. The monoisotopic (exact) mass is 517 g/mol. The molecule has 1 aliphatic rings. The van der Waals surface area contributed by atoms with Crippen LogP contribution in [0.25, 0.3) is 0 Å². The topological polar surface area (TPSA) is 106 Å². The molecule has 0 radical (unpaired) electrons. The van der Waals surface area contributed by atoms with Gasteiger partial charge in [0.05, 0.1) is 20.3 Å². The molecule has 198 valence electrons. The van der Waals surface area contributed by atoms with Crippen LogP contribution in [0.15, 0.2) is 72.8 Å². The summed E-state index contributed by atoms with van der Waals surface area (Å²) in [5, 5.41) is 5.69. The summed E-state index contributed by atoms with van der Waals surface area (Å²) in [5.41, 5.74) is 3.53. The highest BCUT2D eigenvalue weighted by Gasteiger charge is 2.47. The second kappa shape index (κ2) is 12.2. The first-order valence-corrected chi connectivity index (χ1v) is 12.2. The Balaban J connectivity index is 1.57. The molecule has 0 unspecified atom stereocenters. The van der Waals surface area contributed by atoms with E-state index in [1.54, 1.807) is 62.8 Å². The van der Waals surface area contributed by atoms with Crippen molar-refractivity contribution in [3.63, 3.8) is 0 Å². The van der Waals surface area contributed by atoms with Crippen molar-refractivity contribution in [2.24, 2.45) is 0 Å². The Morgan fingerprint density at radius 2 is 1.74 bits per heavy atom. The molecule has 4 rings (SSSR count). The highest BCUT2D eigenvalue weighted by Crippen LogP contribution is 2.35. The molecule has 0 bridgehead atoms. The molecule has 1 heterocycles. The highest BCUT2D eigenvalue weighted by molar-refractivity contribution is 6.04.